The zero-order chi connectivity index (χ0) is 14.7. The number of benzene rings is 1. The SMILES string of the molecule is COc1cccc(CC(NN)c2cc(C)nn2C)c1F. The van der Waals surface area contributed by atoms with E-state index in [2.05, 4.69) is 10.5 Å². The number of hydrazine groups is 1. The van der Waals surface area contributed by atoms with Gasteiger partial charge in [-0.15, -0.1) is 0 Å². The molecule has 0 amide bonds. The number of hydrogen-bond acceptors (Lipinski definition) is 4. The Balaban J connectivity index is 2.29. The minimum absolute atomic E-state index is 0.220. The Bertz CT molecular complexity index is 597. The van der Waals surface area contributed by atoms with Crippen molar-refractivity contribution in [1.29, 1.82) is 0 Å². The molecule has 6 heteroatoms. The molecule has 0 aliphatic carbocycles. The summed E-state index contributed by atoms with van der Waals surface area (Å²) < 4.78 is 20.9. The van der Waals surface area contributed by atoms with Gasteiger partial charge in [0.05, 0.1) is 24.5 Å². The first-order valence-electron chi connectivity index (χ1n) is 6.34. The molecule has 1 atom stereocenters. The monoisotopic (exact) mass is 278 g/mol. The molecule has 0 spiro atoms. The van der Waals surface area contributed by atoms with E-state index in [1.54, 1.807) is 22.9 Å². The second kappa shape index (κ2) is 6.02. The molecule has 1 aromatic heterocycles. The molecule has 2 aromatic rings. The second-order valence-corrected chi connectivity index (χ2v) is 4.69. The predicted octanol–water partition coefficient (Wildman–Crippen LogP) is 1.62. The maximum Gasteiger partial charge on any atom is 0.168 e. The molecule has 0 radical (unpaired) electrons. The molecular weight excluding hydrogens is 259 g/mol. The maximum absolute atomic E-state index is 14.2. The van der Waals surface area contributed by atoms with Crippen molar-refractivity contribution in [1.82, 2.24) is 15.2 Å². The van der Waals surface area contributed by atoms with Gasteiger partial charge in [-0.25, -0.2) is 4.39 Å². The highest BCUT2D eigenvalue weighted by Crippen LogP contribution is 2.25. The average molecular weight is 278 g/mol. The topological polar surface area (TPSA) is 65.1 Å². The number of aryl methyl sites for hydroxylation is 2. The lowest BCUT2D eigenvalue weighted by atomic mass is 10.0. The van der Waals surface area contributed by atoms with E-state index in [-0.39, 0.29) is 17.6 Å². The fraction of sp³-hybridized carbons (Fsp3) is 0.357. The van der Waals surface area contributed by atoms with E-state index >= 15 is 0 Å². The van der Waals surface area contributed by atoms with Gasteiger partial charge in [0.15, 0.2) is 11.6 Å². The molecule has 0 saturated heterocycles. The number of aromatic nitrogens is 2. The van der Waals surface area contributed by atoms with Crippen molar-refractivity contribution in [3.63, 3.8) is 0 Å². The normalized spacial score (nSPS) is 12.4. The number of ether oxygens (including phenoxy) is 1. The summed E-state index contributed by atoms with van der Waals surface area (Å²) in [5.74, 6) is 5.49. The summed E-state index contributed by atoms with van der Waals surface area (Å²) in [6, 6.07) is 6.80. The summed E-state index contributed by atoms with van der Waals surface area (Å²) in [5.41, 5.74) is 5.07. The van der Waals surface area contributed by atoms with E-state index in [4.69, 9.17) is 10.6 Å². The molecule has 20 heavy (non-hydrogen) atoms. The number of nitrogens with two attached hydrogens (primary N) is 1. The lowest BCUT2D eigenvalue weighted by molar-refractivity contribution is 0.382. The summed E-state index contributed by atoms with van der Waals surface area (Å²) in [7, 11) is 3.29. The third-order valence-electron chi connectivity index (χ3n) is 3.28. The number of rotatable bonds is 5. The minimum atomic E-state index is -0.353. The van der Waals surface area contributed by atoms with E-state index in [1.165, 1.54) is 7.11 Å². The van der Waals surface area contributed by atoms with Crippen LogP contribution in [-0.2, 0) is 13.5 Å². The van der Waals surface area contributed by atoms with Crippen molar-refractivity contribution in [2.45, 2.75) is 19.4 Å². The van der Waals surface area contributed by atoms with Crippen molar-refractivity contribution in [2.24, 2.45) is 12.9 Å². The number of hydrogen-bond donors (Lipinski definition) is 2. The van der Waals surface area contributed by atoms with Gasteiger partial charge in [0.2, 0.25) is 0 Å². The summed E-state index contributed by atoms with van der Waals surface area (Å²) in [6.45, 7) is 1.91. The zero-order valence-corrected chi connectivity index (χ0v) is 11.9. The van der Waals surface area contributed by atoms with Gasteiger partial charge in [-0.05, 0) is 31.0 Å². The van der Waals surface area contributed by atoms with Gasteiger partial charge in [-0.1, -0.05) is 12.1 Å². The van der Waals surface area contributed by atoms with Crippen LogP contribution in [0.5, 0.6) is 5.75 Å². The van der Waals surface area contributed by atoms with Crippen LogP contribution in [0.1, 0.15) is 23.0 Å². The molecule has 0 fully saturated rings. The van der Waals surface area contributed by atoms with Crippen LogP contribution < -0.4 is 16.0 Å². The molecule has 0 saturated carbocycles. The van der Waals surface area contributed by atoms with Crippen LogP contribution >= 0.6 is 0 Å². The lowest BCUT2D eigenvalue weighted by Gasteiger charge is -2.17. The van der Waals surface area contributed by atoms with Crippen LogP contribution in [0, 0.1) is 12.7 Å². The first-order chi connectivity index (χ1) is 9.56. The van der Waals surface area contributed by atoms with Crippen LogP contribution in [-0.4, -0.2) is 16.9 Å². The van der Waals surface area contributed by atoms with Gasteiger partial charge in [0.1, 0.15) is 0 Å². The summed E-state index contributed by atoms with van der Waals surface area (Å²) in [4.78, 5) is 0. The molecule has 108 valence electrons. The van der Waals surface area contributed by atoms with Gasteiger partial charge < -0.3 is 4.74 Å². The highest BCUT2D eigenvalue weighted by Gasteiger charge is 2.18. The summed E-state index contributed by atoms with van der Waals surface area (Å²) in [6.07, 6.45) is 0.415. The van der Waals surface area contributed by atoms with Crippen molar-refractivity contribution in [3.8, 4) is 5.75 Å². The fourth-order valence-corrected chi connectivity index (χ4v) is 2.30. The van der Waals surface area contributed by atoms with E-state index in [1.807, 2.05) is 20.0 Å². The summed E-state index contributed by atoms with van der Waals surface area (Å²) >= 11 is 0. The molecular formula is C14H19FN4O. The van der Waals surface area contributed by atoms with Crippen LogP contribution in [0.2, 0.25) is 0 Å². The van der Waals surface area contributed by atoms with Crippen LogP contribution in [0.15, 0.2) is 24.3 Å². The minimum Gasteiger partial charge on any atom is -0.494 e. The Morgan fingerprint density at radius 3 is 2.80 bits per heavy atom. The van der Waals surface area contributed by atoms with E-state index < -0.39 is 0 Å². The molecule has 0 bridgehead atoms. The molecule has 1 heterocycles. The first kappa shape index (κ1) is 14.5. The van der Waals surface area contributed by atoms with Crippen LogP contribution in [0.25, 0.3) is 0 Å². The van der Waals surface area contributed by atoms with E-state index in [0.29, 0.717) is 12.0 Å². The molecule has 1 unspecified atom stereocenters. The Kier molecular flexibility index (Phi) is 4.36. The molecule has 3 N–H and O–H groups in total. The smallest absolute Gasteiger partial charge is 0.168 e. The molecule has 1 aromatic carbocycles. The third kappa shape index (κ3) is 2.81. The van der Waals surface area contributed by atoms with Crippen molar-refractivity contribution in [3.05, 3.63) is 47.0 Å². The zero-order valence-electron chi connectivity index (χ0n) is 11.9. The second-order valence-electron chi connectivity index (χ2n) is 4.69. The molecule has 2 rings (SSSR count). The standard InChI is InChI=1S/C14H19FN4O/c1-9-7-12(19(2)18-9)11(17-16)8-10-5-4-6-13(20-3)14(10)15/h4-7,11,17H,8,16H2,1-3H3. The summed E-state index contributed by atoms with van der Waals surface area (Å²) in [5, 5.41) is 4.28. The molecule has 0 aliphatic rings. The van der Waals surface area contributed by atoms with Crippen LogP contribution in [0.3, 0.4) is 0 Å². The highest BCUT2D eigenvalue weighted by atomic mass is 19.1. The Morgan fingerprint density at radius 1 is 1.50 bits per heavy atom. The van der Waals surface area contributed by atoms with Gasteiger partial charge in [-0.2, -0.15) is 5.10 Å². The highest BCUT2D eigenvalue weighted by molar-refractivity contribution is 5.32. The first-order valence-corrected chi connectivity index (χ1v) is 6.34. The van der Waals surface area contributed by atoms with Crippen molar-refractivity contribution in [2.75, 3.05) is 7.11 Å². The number of halogens is 1. The predicted molar refractivity (Wildman–Crippen MR) is 74.7 cm³/mol. The van der Waals surface area contributed by atoms with Gasteiger partial charge in [-0.3, -0.25) is 16.0 Å². The maximum atomic E-state index is 14.2. The molecule has 0 aliphatic heterocycles. The average Bonchev–Trinajstić information content (AvgIpc) is 2.76. The van der Waals surface area contributed by atoms with Gasteiger partial charge in [0.25, 0.3) is 0 Å². The Morgan fingerprint density at radius 2 is 2.25 bits per heavy atom. The van der Waals surface area contributed by atoms with Crippen LogP contribution in [0.4, 0.5) is 4.39 Å². The number of nitrogens with zero attached hydrogens (tertiary/aromatic N) is 2. The van der Waals surface area contributed by atoms with Gasteiger partial charge in [0, 0.05) is 7.05 Å². The van der Waals surface area contributed by atoms with E-state index in [0.717, 1.165) is 11.4 Å². The van der Waals surface area contributed by atoms with Crippen molar-refractivity contribution < 1.29 is 9.13 Å². The van der Waals surface area contributed by atoms with Crippen molar-refractivity contribution >= 4 is 0 Å². The Labute approximate surface area is 117 Å². The molecule has 5 nitrogen and oxygen atoms in total. The van der Waals surface area contributed by atoms with E-state index in [9.17, 15) is 4.39 Å². The van der Waals surface area contributed by atoms with Gasteiger partial charge >= 0.3 is 0 Å². The number of methoxy groups -OCH3 is 1. The number of nitrogens with one attached hydrogen (secondary N) is 1. The third-order valence-corrected chi connectivity index (χ3v) is 3.28. The lowest BCUT2D eigenvalue weighted by Crippen LogP contribution is -2.31. The largest absolute Gasteiger partial charge is 0.494 e. The fourth-order valence-electron chi connectivity index (χ4n) is 2.30. The quantitative estimate of drug-likeness (QED) is 0.644. The Hall–Kier alpha value is -1.92.